The van der Waals surface area contributed by atoms with Crippen LogP contribution < -0.4 is 11.5 Å². The van der Waals surface area contributed by atoms with E-state index in [9.17, 15) is 32.7 Å². The summed E-state index contributed by atoms with van der Waals surface area (Å²) in [5, 5.41) is 7.99. The number of nitrogens with two attached hydrogens (primary N) is 2. The fourth-order valence-electron chi connectivity index (χ4n) is 3.40. The van der Waals surface area contributed by atoms with Crippen LogP contribution in [-0.4, -0.2) is 70.1 Å². The first-order valence-corrected chi connectivity index (χ1v) is 9.65. The zero-order valence-electron chi connectivity index (χ0n) is 14.9. The van der Waals surface area contributed by atoms with Crippen molar-refractivity contribution in [2.45, 2.75) is 23.1 Å². The number of carbonyl (C=O) groups excluding carboxylic acids is 3. The Bertz CT molecular complexity index is 1060. The average molecular weight is 424 g/mol. The van der Waals surface area contributed by atoms with Gasteiger partial charge in [0, 0.05) is 6.20 Å². The third-order valence-electron chi connectivity index (χ3n) is 4.91. The van der Waals surface area contributed by atoms with Crippen molar-refractivity contribution < 1.29 is 37.4 Å². The van der Waals surface area contributed by atoms with Crippen molar-refractivity contribution in [3.05, 3.63) is 35.2 Å². The van der Waals surface area contributed by atoms with E-state index in [0.717, 1.165) is 13.1 Å². The molecule has 3 amide bonds. The lowest BCUT2D eigenvalue weighted by Gasteiger charge is -2.37. The molecule has 0 saturated carbocycles. The SMILES string of the molecule is C[C@]1(COC(N)=O)[C@H](C(=O)O)N2C(=O)/C(=C/c3ccc(C(N)=O)cn3)[C@H]2S1(=O)=O. The molecule has 3 atom stereocenters. The number of aromatic nitrogens is 1. The minimum absolute atomic E-state index is 0.115. The average Bonchev–Trinajstić information content (AvgIpc) is 2.80. The Hall–Kier alpha value is -3.48. The molecule has 0 aliphatic carbocycles. The van der Waals surface area contributed by atoms with E-state index in [-0.39, 0.29) is 16.8 Å². The highest BCUT2D eigenvalue weighted by atomic mass is 32.2. The first-order chi connectivity index (χ1) is 13.4. The third kappa shape index (κ3) is 2.90. The summed E-state index contributed by atoms with van der Waals surface area (Å²) in [5.74, 6) is -3.09. The van der Waals surface area contributed by atoms with Crippen LogP contribution in [0.25, 0.3) is 6.08 Å². The van der Waals surface area contributed by atoms with Crippen LogP contribution in [0.1, 0.15) is 23.0 Å². The van der Waals surface area contributed by atoms with Gasteiger partial charge >= 0.3 is 12.1 Å². The standard InChI is InChI=1S/C16H16N4O8S/c1-16(6-28-15(18)25)10(14(23)24)20-12(22)9(13(20)29(16,26)27)4-8-3-2-7(5-19-8)11(17)21/h2-5,10,13H,6H2,1H3,(H2,17,21)(H2,18,25)(H,23,24)/b9-4-/t10-,13+,16-/m0/s1. The highest BCUT2D eigenvalue weighted by Crippen LogP contribution is 2.49. The van der Waals surface area contributed by atoms with Crippen LogP contribution in [0, 0.1) is 0 Å². The van der Waals surface area contributed by atoms with E-state index in [1.165, 1.54) is 18.2 Å². The first-order valence-electron chi connectivity index (χ1n) is 8.10. The number of hydrogen-bond donors (Lipinski definition) is 3. The second-order valence-electron chi connectivity index (χ2n) is 6.71. The van der Waals surface area contributed by atoms with Crippen LogP contribution >= 0.6 is 0 Å². The number of carbonyl (C=O) groups is 4. The van der Waals surface area contributed by atoms with E-state index in [0.29, 0.717) is 4.90 Å². The van der Waals surface area contributed by atoms with Crippen molar-refractivity contribution in [1.82, 2.24) is 9.88 Å². The molecule has 5 N–H and O–H groups in total. The maximum atomic E-state index is 13.1. The van der Waals surface area contributed by atoms with E-state index in [1.807, 2.05) is 0 Å². The largest absolute Gasteiger partial charge is 0.480 e. The molecule has 3 rings (SSSR count). The van der Waals surface area contributed by atoms with Crippen molar-refractivity contribution in [1.29, 1.82) is 0 Å². The van der Waals surface area contributed by atoms with Gasteiger partial charge in [0.2, 0.25) is 5.91 Å². The van der Waals surface area contributed by atoms with Crippen LogP contribution in [0.4, 0.5) is 4.79 Å². The van der Waals surface area contributed by atoms with Gasteiger partial charge in [-0.2, -0.15) is 0 Å². The lowest BCUT2D eigenvalue weighted by atomic mass is 9.94. The lowest BCUT2D eigenvalue weighted by Crippen LogP contribution is -2.59. The van der Waals surface area contributed by atoms with Gasteiger partial charge in [-0.3, -0.25) is 14.6 Å². The van der Waals surface area contributed by atoms with Crippen LogP contribution in [0.15, 0.2) is 23.9 Å². The molecule has 29 heavy (non-hydrogen) atoms. The van der Waals surface area contributed by atoms with Gasteiger partial charge in [0.25, 0.3) is 5.91 Å². The van der Waals surface area contributed by atoms with Crippen LogP contribution in [-0.2, 0) is 24.2 Å². The van der Waals surface area contributed by atoms with Gasteiger partial charge in [0.15, 0.2) is 21.3 Å². The summed E-state index contributed by atoms with van der Waals surface area (Å²) in [6.07, 6.45) is 1.07. The van der Waals surface area contributed by atoms with Gasteiger partial charge in [-0.1, -0.05) is 0 Å². The molecule has 13 heteroatoms. The van der Waals surface area contributed by atoms with Gasteiger partial charge in [0.05, 0.1) is 16.8 Å². The molecular weight excluding hydrogens is 408 g/mol. The highest BCUT2D eigenvalue weighted by molar-refractivity contribution is 7.94. The minimum Gasteiger partial charge on any atom is -0.480 e. The molecule has 0 spiro atoms. The van der Waals surface area contributed by atoms with Crippen LogP contribution in [0.5, 0.6) is 0 Å². The Labute approximate surface area is 164 Å². The van der Waals surface area contributed by atoms with E-state index in [4.69, 9.17) is 11.5 Å². The fourth-order valence-corrected chi connectivity index (χ4v) is 5.68. The summed E-state index contributed by atoms with van der Waals surface area (Å²) < 4.78 is 28.6. The number of nitrogens with zero attached hydrogens (tertiary/aromatic N) is 2. The molecular formula is C16H16N4O8S. The Morgan fingerprint density at radius 2 is 2.00 bits per heavy atom. The van der Waals surface area contributed by atoms with Crippen LogP contribution in [0.2, 0.25) is 0 Å². The van der Waals surface area contributed by atoms with E-state index in [2.05, 4.69) is 9.72 Å². The highest BCUT2D eigenvalue weighted by Gasteiger charge is 2.72. The summed E-state index contributed by atoms with van der Waals surface area (Å²) in [4.78, 5) is 51.0. The van der Waals surface area contributed by atoms with Crippen molar-refractivity contribution >= 4 is 39.8 Å². The summed E-state index contributed by atoms with van der Waals surface area (Å²) in [6.45, 7) is 0.244. The first kappa shape index (κ1) is 20.3. The Morgan fingerprint density at radius 3 is 2.48 bits per heavy atom. The second-order valence-corrected chi connectivity index (χ2v) is 9.18. The lowest BCUT2D eigenvalue weighted by molar-refractivity contribution is -0.153. The molecule has 3 heterocycles. The number of primary amides is 2. The van der Waals surface area contributed by atoms with Crippen molar-refractivity contribution in [2.75, 3.05) is 6.61 Å². The number of sulfone groups is 1. The van der Waals surface area contributed by atoms with Gasteiger partial charge in [-0.05, 0) is 25.1 Å². The third-order valence-corrected chi connectivity index (χ3v) is 7.62. The summed E-state index contributed by atoms with van der Waals surface area (Å²) in [6, 6.07) is 0.928. The molecule has 154 valence electrons. The molecule has 1 aromatic heterocycles. The predicted octanol–water partition coefficient (Wildman–Crippen LogP) is -1.53. The predicted molar refractivity (Wildman–Crippen MR) is 95.6 cm³/mol. The van der Waals surface area contributed by atoms with Gasteiger partial charge in [-0.25, -0.2) is 18.0 Å². The van der Waals surface area contributed by atoms with Crippen molar-refractivity contribution in [3.63, 3.8) is 0 Å². The number of pyridine rings is 1. The number of amides is 3. The molecule has 1 aromatic rings. The number of β-lactam (4-membered cyclic amide) rings is 1. The Balaban J connectivity index is 2.03. The van der Waals surface area contributed by atoms with Crippen molar-refractivity contribution in [2.24, 2.45) is 11.5 Å². The van der Waals surface area contributed by atoms with Gasteiger partial charge in [-0.15, -0.1) is 0 Å². The second kappa shape index (κ2) is 6.55. The van der Waals surface area contributed by atoms with Crippen molar-refractivity contribution in [3.8, 4) is 0 Å². The number of hydrogen-bond acceptors (Lipinski definition) is 8. The number of aliphatic carboxylic acids is 1. The number of ether oxygens (including phenoxy) is 1. The Morgan fingerprint density at radius 1 is 1.34 bits per heavy atom. The topological polar surface area (TPSA) is 200 Å². The van der Waals surface area contributed by atoms with Gasteiger partial charge in [0.1, 0.15) is 11.4 Å². The molecule has 2 saturated heterocycles. The normalized spacial score (nSPS) is 28.5. The van der Waals surface area contributed by atoms with E-state index >= 15 is 0 Å². The maximum absolute atomic E-state index is 13.1. The molecule has 2 aliphatic rings. The van der Waals surface area contributed by atoms with Gasteiger partial charge < -0.3 is 26.2 Å². The summed E-state index contributed by atoms with van der Waals surface area (Å²) in [5.41, 5.74) is 10.1. The Kier molecular flexibility index (Phi) is 4.57. The monoisotopic (exact) mass is 424 g/mol. The summed E-state index contributed by atoms with van der Waals surface area (Å²) in [7, 11) is -4.32. The zero-order chi connectivity index (χ0) is 21.7. The summed E-state index contributed by atoms with van der Waals surface area (Å²) >= 11 is 0. The minimum atomic E-state index is -4.32. The maximum Gasteiger partial charge on any atom is 0.404 e. The molecule has 2 aliphatic heterocycles. The number of carboxylic acid groups (broad SMARTS) is 1. The van der Waals surface area contributed by atoms with E-state index in [1.54, 1.807) is 0 Å². The van der Waals surface area contributed by atoms with Crippen LogP contribution in [0.3, 0.4) is 0 Å². The molecule has 12 nitrogen and oxygen atoms in total. The molecule has 0 radical (unpaired) electrons. The fraction of sp³-hybridized carbons (Fsp3) is 0.312. The molecule has 0 aromatic carbocycles. The number of rotatable bonds is 5. The van der Waals surface area contributed by atoms with E-state index < -0.39 is 56.5 Å². The number of carboxylic acids is 1. The smallest absolute Gasteiger partial charge is 0.404 e. The zero-order valence-corrected chi connectivity index (χ0v) is 15.8. The molecule has 0 unspecified atom stereocenters. The quantitative estimate of drug-likeness (QED) is 0.370. The molecule has 0 bridgehead atoms. The molecule has 2 fully saturated rings. The number of fused-ring (bicyclic) bond motifs is 1.